The highest BCUT2D eigenvalue weighted by atomic mass is 16.5. The minimum Gasteiger partial charge on any atom is -0.465 e. The molecule has 2 bridgehead atoms. The molecule has 3 heteroatoms. The number of ether oxygens (including phenoxy) is 1. The van der Waals surface area contributed by atoms with Crippen molar-refractivity contribution in [2.75, 3.05) is 6.61 Å². The average molecular weight is 198 g/mol. The van der Waals surface area contributed by atoms with E-state index in [0.29, 0.717) is 12.5 Å². The summed E-state index contributed by atoms with van der Waals surface area (Å²) in [5.41, 5.74) is -0.543. The predicted octanol–water partition coefficient (Wildman–Crippen LogP) is 1.49. The summed E-state index contributed by atoms with van der Waals surface area (Å²) < 4.78 is 5.07. The monoisotopic (exact) mass is 198 g/mol. The number of aliphatic hydroxyl groups is 1. The molecule has 2 fully saturated rings. The highest BCUT2D eigenvalue weighted by Crippen LogP contribution is 2.52. The van der Waals surface area contributed by atoms with Gasteiger partial charge in [-0.05, 0) is 38.5 Å². The summed E-state index contributed by atoms with van der Waals surface area (Å²) in [7, 11) is 0. The number of hydrogen-bond donors (Lipinski definition) is 1. The van der Waals surface area contributed by atoms with E-state index in [1.807, 2.05) is 6.92 Å². The first-order valence-corrected chi connectivity index (χ1v) is 5.56. The molecule has 2 saturated carbocycles. The van der Waals surface area contributed by atoms with Gasteiger partial charge in [-0.15, -0.1) is 0 Å². The molecule has 0 aliphatic heterocycles. The first-order chi connectivity index (χ1) is 6.70. The summed E-state index contributed by atoms with van der Waals surface area (Å²) in [5.74, 6) is 0.169. The Morgan fingerprint density at radius 1 is 1.50 bits per heavy atom. The molecule has 2 rings (SSSR count). The standard InChI is InChI=1S/C11H18O3/c1-2-14-10(13)11-6-3-4-8(5-7-11)9(11)12/h8-9,12H,2-7H2,1H3. The van der Waals surface area contributed by atoms with Crippen molar-refractivity contribution < 1.29 is 14.6 Å². The highest BCUT2D eigenvalue weighted by Gasteiger charge is 2.55. The van der Waals surface area contributed by atoms with E-state index in [-0.39, 0.29) is 5.97 Å². The SMILES string of the molecule is CCOC(=O)C12CCCC(CC1)C2O. The lowest BCUT2D eigenvalue weighted by atomic mass is 9.73. The van der Waals surface area contributed by atoms with Gasteiger partial charge in [-0.25, -0.2) is 0 Å². The van der Waals surface area contributed by atoms with Crippen LogP contribution >= 0.6 is 0 Å². The molecule has 0 aromatic carbocycles. The number of aliphatic hydroxyl groups excluding tert-OH is 1. The van der Waals surface area contributed by atoms with E-state index in [4.69, 9.17) is 4.74 Å². The quantitative estimate of drug-likeness (QED) is 0.684. The number of carbonyl (C=O) groups excluding carboxylic acids is 1. The van der Waals surface area contributed by atoms with E-state index >= 15 is 0 Å². The van der Waals surface area contributed by atoms with E-state index in [2.05, 4.69) is 0 Å². The fraction of sp³-hybridized carbons (Fsp3) is 0.909. The van der Waals surface area contributed by atoms with Crippen LogP contribution in [-0.2, 0) is 9.53 Å². The molecule has 3 unspecified atom stereocenters. The molecule has 1 N–H and O–H groups in total. The van der Waals surface area contributed by atoms with Gasteiger partial charge in [0.2, 0.25) is 0 Å². The molecule has 2 aliphatic carbocycles. The van der Waals surface area contributed by atoms with Gasteiger partial charge in [0.25, 0.3) is 0 Å². The lowest BCUT2D eigenvalue weighted by Crippen LogP contribution is -2.44. The van der Waals surface area contributed by atoms with Crippen molar-refractivity contribution in [1.82, 2.24) is 0 Å². The Hall–Kier alpha value is -0.570. The summed E-state index contributed by atoms with van der Waals surface area (Å²) in [5, 5.41) is 10.1. The van der Waals surface area contributed by atoms with Crippen molar-refractivity contribution in [2.45, 2.75) is 45.1 Å². The van der Waals surface area contributed by atoms with E-state index in [9.17, 15) is 9.90 Å². The van der Waals surface area contributed by atoms with E-state index in [1.54, 1.807) is 0 Å². The molecule has 80 valence electrons. The van der Waals surface area contributed by atoms with Crippen molar-refractivity contribution in [2.24, 2.45) is 11.3 Å². The molecular weight excluding hydrogens is 180 g/mol. The third-order valence-electron chi connectivity index (χ3n) is 3.85. The van der Waals surface area contributed by atoms with Gasteiger partial charge in [-0.3, -0.25) is 4.79 Å². The maximum absolute atomic E-state index is 11.8. The highest BCUT2D eigenvalue weighted by molar-refractivity contribution is 5.78. The minimum atomic E-state index is -0.543. The molecule has 0 radical (unpaired) electrons. The Kier molecular flexibility index (Phi) is 2.52. The first kappa shape index (κ1) is 9.97. The summed E-state index contributed by atoms with van der Waals surface area (Å²) in [4.78, 5) is 11.8. The molecule has 3 atom stereocenters. The normalized spacial score (nSPS) is 41.0. The average Bonchev–Trinajstić information content (AvgIpc) is 2.40. The number of rotatable bonds is 2. The van der Waals surface area contributed by atoms with Crippen molar-refractivity contribution in [3.8, 4) is 0 Å². The second-order valence-corrected chi connectivity index (χ2v) is 4.51. The molecule has 3 nitrogen and oxygen atoms in total. The van der Waals surface area contributed by atoms with Gasteiger partial charge in [0, 0.05) is 0 Å². The van der Waals surface area contributed by atoms with Crippen LogP contribution in [0.5, 0.6) is 0 Å². The fourth-order valence-corrected chi connectivity index (χ4v) is 3.05. The zero-order valence-electron chi connectivity index (χ0n) is 8.66. The summed E-state index contributed by atoms with van der Waals surface area (Å²) >= 11 is 0. The van der Waals surface area contributed by atoms with Gasteiger partial charge >= 0.3 is 5.97 Å². The molecule has 0 saturated heterocycles. The van der Waals surface area contributed by atoms with Gasteiger partial charge in [0.1, 0.15) is 0 Å². The molecule has 0 heterocycles. The Labute approximate surface area is 84.4 Å². The van der Waals surface area contributed by atoms with Gasteiger partial charge < -0.3 is 9.84 Å². The second-order valence-electron chi connectivity index (χ2n) is 4.51. The summed E-state index contributed by atoms with van der Waals surface area (Å²) in [6, 6.07) is 0. The van der Waals surface area contributed by atoms with Crippen LogP contribution in [0.2, 0.25) is 0 Å². The van der Waals surface area contributed by atoms with Crippen molar-refractivity contribution in [3.63, 3.8) is 0 Å². The molecular formula is C11H18O3. The predicted molar refractivity (Wildman–Crippen MR) is 51.6 cm³/mol. The zero-order valence-corrected chi connectivity index (χ0v) is 8.66. The smallest absolute Gasteiger partial charge is 0.314 e. The van der Waals surface area contributed by atoms with Gasteiger partial charge in [0.05, 0.1) is 18.1 Å². The largest absolute Gasteiger partial charge is 0.465 e. The molecule has 2 aliphatic rings. The number of esters is 1. The molecule has 0 aromatic rings. The maximum atomic E-state index is 11.8. The Morgan fingerprint density at radius 3 is 3.00 bits per heavy atom. The van der Waals surface area contributed by atoms with Crippen LogP contribution in [0.25, 0.3) is 0 Å². The van der Waals surface area contributed by atoms with Gasteiger partial charge in [0.15, 0.2) is 0 Å². The topological polar surface area (TPSA) is 46.5 Å². The Bertz CT molecular complexity index is 235. The maximum Gasteiger partial charge on any atom is 0.314 e. The zero-order chi connectivity index (χ0) is 10.2. The molecule has 0 spiro atoms. The first-order valence-electron chi connectivity index (χ1n) is 5.56. The second kappa shape index (κ2) is 3.54. The van der Waals surface area contributed by atoms with Crippen molar-refractivity contribution in [1.29, 1.82) is 0 Å². The van der Waals surface area contributed by atoms with Crippen molar-refractivity contribution >= 4 is 5.97 Å². The van der Waals surface area contributed by atoms with Crippen molar-refractivity contribution in [3.05, 3.63) is 0 Å². The third kappa shape index (κ3) is 1.26. The Balaban J connectivity index is 2.17. The van der Waals surface area contributed by atoms with Crippen LogP contribution in [-0.4, -0.2) is 23.8 Å². The number of hydrogen-bond acceptors (Lipinski definition) is 3. The van der Waals surface area contributed by atoms with Crippen LogP contribution < -0.4 is 0 Å². The molecule has 0 amide bonds. The van der Waals surface area contributed by atoms with Crippen LogP contribution in [0.1, 0.15) is 39.0 Å². The van der Waals surface area contributed by atoms with Crippen LogP contribution in [0.15, 0.2) is 0 Å². The number of fused-ring (bicyclic) bond motifs is 2. The van der Waals surface area contributed by atoms with E-state index < -0.39 is 11.5 Å². The van der Waals surface area contributed by atoms with Gasteiger partial charge in [-0.1, -0.05) is 6.42 Å². The lowest BCUT2D eigenvalue weighted by molar-refractivity contribution is -0.165. The number of carbonyl (C=O) groups is 1. The lowest BCUT2D eigenvalue weighted by Gasteiger charge is -2.35. The fourth-order valence-electron chi connectivity index (χ4n) is 3.05. The van der Waals surface area contributed by atoms with Crippen LogP contribution in [0, 0.1) is 11.3 Å². The summed E-state index contributed by atoms with van der Waals surface area (Å²) in [6.07, 6.45) is 4.29. The molecule has 0 aromatic heterocycles. The Morgan fingerprint density at radius 2 is 2.29 bits per heavy atom. The van der Waals surface area contributed by atoms with Crippen LogP contribution in [0.4, 0.5) is 0 Å². The third-order valence-corrected chi connectivity index (χ3v) is 3.85. The summed E-state index contributed by atoms with van der Waals surface area (Å²) in [6.45, 7) is 2.23. The minimum absolute atomic E-state index is 0.172. The van der Waals surface area contributed by atoms with Gasteiger partial charge in [-0.2, -0.15) is 0 Å². The van der Waals surface area contributed by atoms with E-state index in [1.165, 1.54) is 0 Å². The van der Waals surface area contributed by atoms with Crippen LogP contribution in [0.3, 0.4) is 0 Å². The van der Waals surface area contributed by atoms with E-state index in [0.717, 1.165) is 32.1 Å². The molecule has 14 heavy (non-hydrogen) atoms.